The predicted octanol–water partition coefficient (Wildman–Crippen LogP) is 2.39. The van der Waals surface area contributed by atoms with Crippen LogP contribution in [0.1, 0.15) is 27.6 Å². The van der Waals surface area contributed by atoms with E-state index in [1.165, 1.54) is 7.11 Å². The van der Waals surface area contributed by atoms with Gasteiger partial charge in [-0.1, -0.05) is 36.4 Å². The molecule has 0 fully saturated rings. The summed E-state index contributed by atoms with van der Waals surface area (Å²) in [4.78, 5) is 23.8. The molecule has 0 aliphatic rings. The van der Waals surface area contributed by atoms with Crippen LogP contribution in [-0.4, -0.2) is 19.0 Å². The molecule has 2 aromatic carbocycles. The second kappa shape index (κ2) is 6.76. The molecule has 2 N–H and O–H groups in total. The lowest BCUT2D eigenvalue weighted by Gasteiger charge is -2.15. The number of carbonyl (C=O) groups excluding carboxylic acids is 2. The second-order valence-electron chi connectivity index (χ2n) is 4.78. The zero-order valence-electron chi connectivity index (χ0n) is 12.4. The molecule has 5 heteroatoms. The number of carbonyl (C=O) groups is 2. The molecule has 114 valence electrons. The van der Waals surface area contributed by atoms with E-state index in [0.717, 1.165) is 5.56 Å². The molecule has 2 aromatic rings. The molecule has 0 saturated carbocycles. The maximum atomic E-state index is 12.2. The molecule has 22 heavy (non-hydrogen) atoms. The summed E-state index contributed by atoms with van der Waals surface area (Å²) in [5, 5.41) is 0. The van der Waals surface area contributed by atoms with Gasteiger partial charge in [0.1, 0.15) is 5.75 Å². The Kier molecular flexibility index (Phi) is 4.78. The van der Waals surface area contributed by atoms with Crippen molar-refractivity contribution >= 4 is 11.9 Å². The van der Waals surface area contributed by atoms with Gasteiger partial charge in [0.2, 0.25) is 6.10 Å². The van der Waals surface area contributed by atoms with Gasteiger partial charge in [-0.3, -0.25) is 4.79 Å². The number of nitrogens with two attached hydrogens (primary N) is 1. The van der Waals surface area contributed by atoms with E-state index < -0.39 is 18.0 Å². The minimum atomic E-state index is -1.12. The van der Waals surface area contributed by atoms with E-state index >= 15 is 0 Å². The molecule has 0 saturated heterocycles. The maximum Gasteiger partial charge on any atom is 0.339 e. The van der Waals surface area contributed by atoms with Crippen LogP contribution in [0.4, 0.5) is 0 Å². The third-order valence-electron chi connectivity index (χ3n) is 3.23. The van der Waals surface area contributed by atoms with Crippen molar-refractivity contribution in [3.63, 3.8) is 0 Å². The van der Waals surface area contributed by atoms with Gasteiger partial charge in [-0.05, 0) is 24.6 Å². The Morgan fingerprint density at radius 3 is 2.36 bits per heavy atom. The van der Waals surface area contributed by atoms with Gasteiger partial charge in [-0.25, -0.2) is 4.79 Å². The maximum absolute atomic E-state index is 12.2. The number of primary amides is 1. The molecule has 0 aromatic heterocycles. The Balaban J connectivity index is 2.24. The van der Waals surface area contributed by atoms with Crippen molar-refractivity contribution in [2.75, 3.05) is 7.11 Å². The van der Waals surface area contributed by atoms with Crippen LogP contribution < -0.4 is 10.5 Å². The minimum Gasteiger partial charge on any atom is -0.496 e. The molecular weight excluding hydrogens is 282 g/mol. The molecule has 0 unspecified atom stereocenters. The summed E-state index contributed by atoms with van der Waals surface area (Å²) < 4.78 is 10.4. The highest BCUT2D eigenvalue weighted by atomic mass is 16.5. The van der Waals surface area contributed by atoms with Crippen LogP contribution >= 0.6 is 0 Å². The molecule has 0 aliphatic heterocycles. The van der Waals surface area contributed by atoms with E-state index in [0.29, 0.717) is 16.9 Å². The molecular formula is C17H17NO4. The predicted molar refractivity (Wildman–Crippen MR) is 81.5 cm³/mol. The van der Waals surface area contributed by atoms with Crippen LogP contribution in [0.3, 0.4) is 0 Å². The first-order valence-corrected chi connectivity index (χ1v) is 6.73. The summed E-state index contributed by atoms with van der Waals surface area (Å²) in [5.74, 6) is -0.783. The number of amides is 1. The molecule has 0 radical (unpaired) electrons. The quantitative estimate of drug-likeness (QED) is 0.860. The summed E-state index contributed by atoms with van der Waals surface area (Å²) in [6, 6.07) is 13.6. The summed E-state index contributed by atoms with van der Waals surface area (Å²) in [6.45, 7) is 1.87. The first-order chi connectivity index (χ1) is 10.5. The molecule has 2 rings (SSSR count). The van der Waals surface area contributed by atoms with Gasteiger partial charge in [-0.2, -0.15) is 0 Å². The normalized spacial score (nSPS) is 11.5. The van der Waals surface area contributed by atoms with Gasteiger partial charge in [-0.15, -0.1) is 0 Å². The van der Waals surface area contributed by atoms with Crippen molar-refractivity contribution < 1.29 is 19.1 Å². The van der Waals surface area contributed by atoms with E-state index in [2.05, 4.69) is 0 Å². The van der Waals surface area contributed by atoms with Gasteiger partial charge in [0, 0.05) is 5.56 Å². The Labute approximate surface area is 128 Å². The second-order valence-corrected chi connectivity index (χ2v) is 4.78. The lowest BCUT2D eigenvalue weighted by molar-refractivity contribution is -0.127. The Morgan fingerprint density at radius 2 is 1.77 bits per heavy atom. The smallest absolute Gasteiger partial charge is 0.339 e. The third kappa shape index (κ3) is 3.44. The number of aryl methyl sites for hydroxylation is 1. The summed E-state index contributed by atoms with van der Waals surface area (Å²) in [5.41, 5.74) is 7.06. The number of benzene rings is 2. The lowest BCUT2D eigenvalue weighted by Crippen LogP contribution is -2.26. The molecule has 1 amide bonds. The van der Waals surface area contributed by atoms with Crippen LogP contribution in [0, 0.1) is 6.92 Å². The van der Waals surface area contributed by atoms with Gasteiger partial charge >= 0.3 is 5.97 Å². The average molecular weight is 299 g/mol. The van der Waals surface area contributed by atoms with E-state index in [1.54, 1.807) is 48.5 Å². The van der Waals surface area contributed by atoms with E-state index in [-0.39, 0.29) is 0 Å². The number of esters is 1. The van der Waals surface area contributed by atoms with Crippen molar-refractivity contribution in [1.82, 2.24) is 0 Å². The highest BCUT2D eigenvalue weighted by Gasteiger charge is 2.23. The van der Waals surface area contributed by atoms with Crippen LogP contribution in [0.5, 0.6) is 5.75 Å². The Bertz CT molecular complexity index is 682. The number of methoxy groups -OCH3 is 1. The fourth-order valence-electron chi connectivity index (χ4n) is 2.04. The Hall–Kier alpha value is -2.82. The molecule has 5 nitrogen and oxygen atoms in total. The van der Waals surface area contributed by atoms with Gasteiger partial charge in [0.15, 0.2) is 0 Å². The van der Waals surface area contributed by atoms with Crippen molar-refractivity contribution in [3.05, 3.63) is 65.2 Å². The van der Waals surface area contributed by atoms with Gasteiger partial charge in [0.25, 0.3) is 5.91 Å². The van der Waals surface area contributed by atoms with Gasteiger partial charge < -0.3 is 15.2 Å². The van der Waals surface area contributed by atoms with Crippen molar-refractivity contribution in [1.29, 1.82) is 0 Å². The first kappa shape index (κ1) is 15.6. The summed E-state index contributed by atoms with van der Waals surface area (Å²) >= 11 is 0. The van der Waals surface area contributed by atoms with Crippen molar-refractivity contribution in [2.24, 2.45) is 5.73 Å². The highest BCUT2D eigenvalue weighted by molar-refractivity contribution is 5.92. The fourth-order valence-corrected chi connectivity index (χ4v) is 2.04. The number of ether oxygens (including phenoxy) is 2. The molecule has 0 bridgehead atoms. The largest absolute Gasteiger partial charge is 0.496 e. The standard InChI is InChI=1S/C17H17NO4/c1-11-8-9-13(10-14(11)21-2)17(20)22-15(16(18)19)12-6-4-3-5-7-12/h3-10,15H,1-2H3,(H2,18,19)/t15-/m0/s1. The summed E-state index contributed by atoms with van der Waals surface area (Å²) in [7, 11) is 1.52. The van der Waals surface area contributed by atoms with E-state index in [4.69, 9.17) is 15.2 Å². The minimum absolute atomic E-state index is 0.296. The zero-order chi connectivity index (χ0) is 16.1. The molecule has 0 heterocycles. The van der Waals surface area contributed by atoms with E-state index in [9.17, 15) is 9.59 Å². The first-order valence-electron chi connectivity index (χ1n) is 6.73. The van der Waals surface area contributed by atoms with Crippen LogP contribution in [0.15, 0.2) is 48.5 Å². The van der Waals surface area contributed by atoms with Gasteiger partial charge in [0.05, 0.1) is 12.7 Å². The number of rotatable bonds is 5. The van der Waals surface area contributed by atoms with Crippen LogP contribution in [0.25, 0.3) is 0 Å². The Morgan fingerprint density at radius 1 is 1.09 bits per heavy atom. The summed E-state index contributed by atoms with van der Waals surface area (Å²) in [6.07, 6.45) is -1.12. The third-order valence-corrected chi connectivity index (χ3v) is 3.23. The lowest BCUT2D eigenvalue weighted by atomic mass is 10.1. The highest BCUT2D eigenvalue weighted by Crippen LogP contribution is 2.22. The SMILES string of the molecule is COc1cc(C(=O)O[C@H](C(N)=O)c2ccccc2)ccc1C. The average Bonchev–Trinajstić information content (AvgIpc) is 2.53. The monoisotopic (exact) mass is 299 g/mol. The van der Waals surface area contributed by atoms with Crippen molar-refractivity contribution in [3.8, 4) is 5.75 Å². The van der Waals surface area contributed by atoms with Crippen LogP contribution in [-0.2, 0) is 9.53 Å². The molecule has 1 atom stereocenters. The number of hydrogen-bond acceptors (Lipinski definition) is 4. The fraction of sp³-hybridized carbons (Fsp3) is 0.176. The topological polar surface area (TPSA) is 78.6 Å². The van der Waals surface area contributed by atoms with E-state index in [1.807, 2.05) is 6.92 Å². The van der Waals surface area contributed by atoms with Crippen molar-refractivity contribution in [2.45, 2.75) is 13.0 Å². The van der Waals surface area contributed by atoms with Crippen LogP contribution in [0.2, 0.25) is 0 Å². The molecule has 0 aliphatic carbocycles. The molecule has 0 spiro atoms. The zero-order valence-corrected chi connectivity index (χ0v) is 12.4. The number of hydrogen-bond donors (Lipinski definition) is 1.